The number of rotatable bonds is 10. The average molecular weight is 246 g/mol. The Morgan fingerprint density at radius 2 is 1.82 bits per heavy atom. The Kier molecular flexibility index (Phi) is 10.1. The summed E-state index contributed by atoms with van der Waals surface area (Å²) in [5.41, 5.74) is 5.55. The van der Waals surface area contributed by atoms with E-state index < -0.39 is 0 Å². The molecular weight excluding hydrogens is 220 g/mol. The van der Waals surface area contributed by atoms with E-state index in [1.807, 2.05) is 20.8 Å². The maximum absolute atomic E-state index is 11.6. The van der Waals surface area contributed by atoms with Crippen molar-refractivity contribution in [1.82, 2.24) is 5.32 Å². The van der Waals surface area contributed by atoms with Crippen LogP contribution in [-0.4, -0.2) is 38.5 Å². The quantitative estimate of drug-likeness (QED) is 0.561. The lowest BCUT2D eigenvalue weighted by atomic mass is 10.0. The number of nitrogens with one attached hydrogen (secondary N) is 1. The number of nitrogens with two attached hydrogens (primary N) is 1. The summed E-state index contributed by atoms with van der Waals surface area (Å²) in [7, 11) is 0. The summed E-state index contributed by atoms with van der Waals surface area (Å²) in [6, 6.07) is 0. The van der Waals surface area contributed by atoms with Crippen molar-refractivity contribution >= 4 is 5.91 Å². The van der Waals surface area contributed by atoms with E-state index in [0.29, 0.717) is 32.7 Å². The van der Waals surface area contributed by atoms with Crippen LogP contribution >= 0.6 is 0 Å². The number of carbonyl (C=O) groups excluding carboxylic acids is 1. The molecule has 0 aromatic heterocycles. The van der Waals surface area contributed by atoms with E-state index in [1.165, 1.54) is 0 Å². The molecule has 3 N–H and O–H groups in total. The third-order valence-electron chi connectivity index (χ3n) is 2.56. The first-order valence-electron chi connectivity index (χ1n) is 6.37. The smallest absolute Gasteiger partial charge is 0.220 e. The zero-order chi connectivity index (χ0) is 13.1. The molecule has 0 aliphatic heterocycles. The highest BCUT2D eigenvalue weighted by Gasteiger charge is 2.13. The Balaban J connectivity index is 3.86. The zero-order valence-electron chi connectivity index (χ0n) is 11.2. The second-order valence-corrected chi connectivity index (χ2v) is 3.86. The van der Waals surface area contributed by atoms with Crippen LogP contribution < -0.4 is 11.1 Å². The van der Waals surface area contributed by atoms with Gasteiger partial charge in [0.25, 0.3) is 0 Å². The topological polar surface area (TPSA) is 73.6 Å². The van der Waals surface area contributed by atoms with Gasteiger partial charge in [-0.05, 0) is 26.3 Å². The SMILES string of the molecule is CCOC(CNC(=O)CC(CC)CN)OCC. The highest BCUT2D eigenvalue weighted by atomic mass is 16.7. The highest BCUT2D eigenvalue weighted by molar-refractivity contribution is 5.76. The highest BCUT2D eigenvalue weighted by Crippen LogP contribution is 2.05. The van der Waals surface area contributed by atoms with E-state index in [9.17, 15) is 4.79 Å². The van der Waals surface area contributed by atoms with Crippen molar-refractivity contribution in [2.45, 2.75) is 39.9 Å². The Morgan fingerprint density at radius 1 is 1.24 bits per heavy atom. The average Bonchev–Trinajstić information content (AvgIpc) is 2.33. The molecule has 0 saturated heterocycles. The maximum Gasteiger partial charge on any atom is 0.220 e. The van der Waals surface area contributed by atoms with Gasteiger partial charge >= 0.3 is 0 Å². The largest absolute Gasteiger partial charge is 0.351 e. The number of hydrogen-bond donors (Lipinski definition) is 2. The van der Waals surface area contributed by atoms with Crippen molar-refractivity contribution in [3.63, 3.8) is 0 Å². The lowest BCUT2D eigenvalue weighted by Gasteiger charge is -2.18. The van der Waals surface area contributed by atoms with Crippen LogP contribution in [0.25, 0.3) is 0 Å². The van der Waals surface area contributed by atoms with Gasteiger partial charge in [-0.3, -0.25) is 4.79 Å². The van der Waals surface area contributed by atoms with Crippen LogP contribution in [0.4, 0.5) is 0 Å². The Hall–Kier alpha value is -0.650. The van der Waals surface area contributed by atoms with Gasteiger partial charge in [0, 0.05) is 19.6 Å². The molecule has 0 bridgehead atoms. The summed E-state index contributed by atoms with van der Waals surface area (Å²) in [5.74, 6) is 0.263. The molecule has 0 radical (unpaired) electrons. The molecule has 0 aliphatic carbocycles. The third kappa shape index (κ3) is 8.12. The molecule has 0 aromatic carbocycles. The molecule has 0 heterocycles. The van der Waals surface area contributed by atoms with E-state index in [-0.39, 0.29) is 18.1 Å². The van der Waals surface area contributed by atoms with Gasteiger partial charge in [-0.25, -0.2) is 0 Å². The molecular formula is C12H26N2O3. The molecule has 102 valence electrons. The normalized spacial score (nSPS) is 12.8. The van der Waals surface area contributed by atoms with Crippen LogP contribution in [0, 0.1) is 5.92 Å². The number of carbonyl (C=O) groups is 1. The molecule has 5 heteroatoms. The first kappa shape index (κ1) is 16.4. The van der Waals surface area contributed by atoms with Crippen molar-refractivity contribution in [1.29, 1.82) is 0 Å². The van der Waals surface area contributed by atoms with Crippen LogP contribution in [0.1, 0.15) is 33.6 Å². The first-order valence-corrected chi connectivity index (χ1v) is 6.37. The maximum atomic E-state index is 11.6. The molecule has 0 aliphatic rings. The van der Waals surface area contributed by atoms with Crippen LogP contribution in [0.2, 0.25) is 0 Å². The minimum Gasteiger partial charge on any atom is -0.351 e. The Bertz CT molecular complexity index is 190. The van der Waals surface area contributed by atoms with Crippen LogP contribution in [-0.2, 0) is 14.3 Å². The monoisotopic (exact) mass is 246 g/mol. The van der Waals surface area contributed by atoms with E-state index in [1.54, 1.807) is 0 Å². The second kappa shape index (κ2) is 10.5. The molecule has 17 heavy (non-hydrogen) atoms. The van der Waals surface area contributed by atoms with Gasteiger partial charge in [0.2, 0.25) is 5.91 Å². The summed E-state index contributed by atoms with van der Waals surface area (Å²) in [5, 5.41) is 2.81. The molecule has 1 unspecified atom stereocenters. The van der Waals surface area contributed by atoms with Gasteiger partial charge < -0.3 is 20.5 Å². The lowest BCUT2D eigenvalue weighted by molar-refractivity contribution is -0.140. The van der Waals surface area contributed by atoms with E-state index in [0.717, 1.165) is 6.42 Å². The fourth-order valence-corrected chi connectivity index (χ4v) is 1.46. The molecule has 0 saturated carbocycles. The summed E-state index contributed by atoms with van der Waals surface area (Å²) in [6.45, 7) is 7.91. The van der Waals surface area contributed by atoms with Crippen molar-refractivity contribution in [3.8, 4) is 0 Å². The van der Waals surface area contributed by atoms with E-state index in [2.05, 4.69) is 5.32 Å². The number of ether oxygens (including phenoxy) is 2. The van der Waals surface area contributed by atoms with Crippen LogP contribution in [0.15, 0.2) is 0 Å². The Morgan fingerprint density at radius 3 is 2.24 bits per heavy atom. The van der Waals surface area contributed by atoms with Gasteiger partial charge in [-0.2, -0.15) is 0 Å². The van der Waals surface area contributed by atoms with Crippen molar-refractivity contribution in [2.24, 2.45) is 11.7 Å². The second-order valence-electron chi connectivity index (χ2n) is 3.86. The van der Waals surface area contributed by atoms with Gasteiger partial charge in [0.15, 0.2) is 6.29 Å². The minimum atomic E-state index is -0.355. The molecule has 0 spiro atoms. The van der Waals surface area contributed by atoms with Gasteiger partial charge in [-0.1, -0.05) is 13.3 Å². The molecule has 5 nitrogen and oxygen atoms in total. The van der Waals surface area contributed by atoms with Crippen LogP contribution in [0.5, 0.6) is 0 Å². The van der Waals surface area contributed by atoms with Crippen molar-refractivity contribution in [3.05, 3.63) is 0 Å². The fourth-order valence-electron chi connectivity index (χ4n) is 1.46. The molecule has 0 fully saturated rings. The molecule has 0 aromatic rings. The van der Waals surface area contributed by atoms with Crippen molar-refractivity contribution < 1.29 is 14.3 Å². The van der Waals surface area contributed by atoms with Crippen molar-refractivity contribution in [2.75, 3.05) is 26.3 Å². The summed E-state index contributed by atoms with van der Waals surface area (Å²) in [6.07, 6.45) is 1.04. The number of hydrogen-bond acceptors (Lipinski definition) is 4. The summed E-state index contributed by atoms with van der Waals surface area (Å²) >= 11 is 0. The van der Waals surface area contributed by atoms with E-state index >= 15 is 0 Å². The summed E-state index contributed by atoms with van der Waals surface area (Å²) < 4.78 is 10.7. The van der Waals surface area contributed by atoms with Gasteiger partial charge in [0.1, 0.15) is 0 Å². The first-order chi connectivity index (χ1) is 8.17. The molecule has 1 amide bonds. The predicted octanol–water partition coefficient (Wildman–Crippen LogP) is 0.877. The minimum absolute atomic E-state index is 0.00621. The standard InChI is InChI=1S/C12H26N2O3/c1-4-10(8-13)7-11(15)14-9-12(16-5-2)17-6-3/h10,12H,4-9,13H2,1-3H3,(H,14,15). The fraction of sp³-hybridized carbons (Fsp3) is 0.917. The number of amides is 1. The van der Waals surface area contributed by atoms with E-state index in [4.69, 9.17) is 15.2 Å². The molecule has 1 atom stereocenters. The van der Waals surface area contributed by atoms with Gasteiger partial charge in [0.05, 0.1) is 6.54 Å². The third-order valence-corrected chi connectivity index (χ3v) is 2.56. The van der Waals surface area contributed by atoms with Gasteiger partial charge in [-0.15, -0.1) is 0 Å². The summed E-state index contributed by atoms with van der Waals surface area (Å²) in [4.78, 5) is 11.6. The predicted molar refractivity (Wildman–Crippen MR) is 67.5 cm³/mol. The zero-order valence-corrected chi connectivity index (χ0v) is 11.2. The molecule has 0 rings (SSSR count). The Labute approximate surface area is 104 Å². The van der Waals surface area contributed by atoms with Crippen LogP contribution in [0.3, 0.4) is 0 Å². The lowest BCUT2D eigenvalue weighted by Crippen LogP contribution is -2.36.